The van der Waals surface area contributed by atoms with Gasteiger partial charge in [0, 0.05) is 12.5 Å². The molecule has 0 saturated heterocycles. The van der Waals surface area contributed by atoms with Crippen LogP contribution < -0.4 is 16.2 Å². The summed E-state index contributed by atoms with van der Waals surface area (Å²) in [4.78, 5) is 35.1. The normalized spacial score (nSPS) is 11.7. The molecule has 6 heteroatoms. The lowest BCUT2D eigenvalue weighted by Gasteiger charge is -2.21. The van der Waals surface area contributed by atoms with E-state index in [-0.39, 0.29) is 11.8 Å². The van der Waals surface area contributed by atoms with Crippen LogP contribution in [0.25, 0.3) is 0 Å². The van der Waals surface area contributed by atoms with Crippen molar-refractivity contribution in [2.45, 2.75) is 40.2 Å². The molecule has 1 rings (SSSR count). The fourth-order valence-electron chi connectivity index (χ4n) is 1.91. The monoisotopic (exact) mass is 305 g/mol. The zero-order valence-electron chi connectivity index (χ0n) is 13.4. The van der Waals surface area contributed by atoms with E-state index in [1.54, 1.807) is 12.1 Å². The lowest BCUT2D eigenvalue weighted by atomic mass is 10.0. The van der Waals surface area contributed by atoms with E-state index in [1.807, 2.05) is 32.9 Å². The summed E-state index contributed by atoms with van der Waals surface area (Å²) in [5.41, 5.74) is 6.29. The molecule has 0 fully saturated rings. The molecule has 0 aliphatic rings. The van der Waals surface area contributed by atoms with E-state index < -0.39 is 17.9 Å². The molecule has 3 amide bonds. The quantitative estimate of drug-likeness (QED) is 0.714. The number of carbonyl (C=O) groups excluding carboxylic acids is 3. The van der Waals surface area contributed by atoms with Gasteiger partial charge in [0.2, 0.25) is 5.91 Å². The predicted molar refractivity (Wildman–Crippen MR) is 83.9 cm³/mol. The van der Waals surface area contributed by atoms with Crippen molar-refractivity contribution in [1.82, 2.24) is 16.2 Å². The van der Waals surface area contributed by atoms with Crippen LogP contribution in [0.4, 0.5) is 0 Å². The third kappa shape index (κ3) is 5.20. The summed E-state index contributed by atoms with van der Waals surface area (Å²) in [6.45, 7) is 7.00. The minimum absolute atomic E-state index is 0.0929. The first kappa shape index (κ1) is 17.7. The molecule has 0 spiro atoms. The van der Waals surface area contributed by atoms with Crippen LogP contribution in [-0.4, -0.2) is 23.8 Å². The maximum Gasteiger partial charge on any atom is 0.269 e. The standard InChI is InChI=1S/C16H23N3O3/c1-5-12-6-8-13(9-7-12)15(21)18-19-16(22)14(10(2)3)17-11(4)20/h6-10,14H,5H2,1-4H3,(H,17,20)(H,18,21)(H,19,22)/t14-/m0/s1. The van der Waals surface area contributed by atoms with E-state index in [1.165, 1.54) is 6.92 Å². The van der Waals surface area contributed by atoms with Crippen molar-refractivity contribution in [1.29, 1.82) is 0 Å². The molecule has 0 heterocycles. The Morgan fingerprint density at radius 2 is 1.64 bits per heavy atom. The molecule has 0 saturated carbocycles. The van der Waals surface area contributed by atoms with Crippen LogP contribution >= 0.6 is 0 Å². The van der Waals surface area contributed by atoms with Gasteiger partial charge in [-0.3, -0.25) is 25.2 Å². The highest BCUT2D eigenvalue weighted by Gasteiger charge is 2.23. The van der Waals surface area contributed by atoms with Crippen LogP contribution in [0.2, 0.25) is 0 Å². The number of hydrazine groups is 1. The Kier molecular flexibility index (Phi) is 6.56. The summed E-state index contributed by atoms with van der Waals surface area (Å²) < 4.78 is 0. The Balaban J connectivity index is 2.60. The van der Waals surface area contributed by atoms with Gasteiger partial charge in [-0.25, -0.2) is 0 Å². The fourth-order valence-corrected chi connectivity index (χ4v) is 1.91. The van der Waals surface area contributed by atoms with Crippen molar-refractivity contribution in [2.75, 3.05) is 0 Å². The molecule has 0 aliphatic heterocycles. The number of hydrogen-bond donors (Lipinski definition) is 3. The van der Waals surface area contributed by atoms with E-state index in [9.17, 15) is 14.4 Å². The van der Waals surface area contributed by atoms with Crippen LogP contribution in [0, 0.1) is 5.92 Å². The minimum atomic E-state index is -0.694. The van der Waals surface area contributed by atoms with Gasteiger partial charge in [-0.15, -0.1) is 0 Å². The Bertz CT molecular complexity index is 538. The molecule has 0 radical (unpaired) electrons. The second-order valence-corrected chi connectivity index (χ2v) is 5.42. The predicted octanol–water partition coefficient (Wildman–Crippen LogP) is 1.17. The Morgan fingerprint density at radius 3 is 2.09 bits per heavy atom. The average molecular weight is 305 g/mol. The van der Waals surface area contributed by atoms with Gasteiger partial charge in [0.1, 0.15) is 6.04 Å². The van der Waals surface area contributed by atoms with Gasteiger partial charge in [0.15, 0.2) is 0 Å². The third-order valence-electron chi connectivity index (χ3n) is 3.23. The van der Waals surface area contributed by atoms with Crippen molar-refractivity contribution in [3.63, 3.8) is 0 Å². The van der Waals surface area contributed by atoms with Crippen LogP contribution in [0.5, 0.6) is 0 Å². The van der Waals surface area contributed by atoms with Gasteiger partial charge in [-0.1, -0.05) is 32.9 Å². The molecule has 1 atom stereocenters. The summed E-state index contributed by atoms with van der Waals surface area (Å²) in [7, 11) is 0. The summed E-state index contributed by atoms with van der Waals surface area (Å²) in [5, 5.41) is 2.56. The second kappa shape index (κ2) is 8.17. The molecule has 0 unspecified atom stereocenters. The molecule has 3 N–H and O–H groups in total. The van der Waals surface area contributed by atoms with Crippen molar-refractivity contribution in [3.8, 4) is 0 Å². The van der Waals surface area contributed by atoms with Crippen molar-refractivity contribution in [2.24, 2.45) is 5.92 Å². The molecule has 0 aliphatic carbocycles. The maximum absolute atomic E-state index is 12.0. The zero-order valence-corrected chi connectivity index (χ0v) is 13.4. The first-order valence-corrected chi connectivity index (χ1v) is 7.31. The van der Waals surface area contributed by atoms with Gasteiger partial charge in [0.05, 0.1) is 0 Å². The van der Waals surface area contributed by atoms with Gasteiger partial charge in [-0.05, 0) is 30.0 Å². The van der Waals surface area contributed by atoms with E-state index in [0.717, 1.165) is 12.0 Å². The molecule has 1 aromatic rings. The molecular formula is C16H23N3O3. The van der Waals surface area contributed by atoms with Gasteiger partial charge in [0.25, 0.3) is 11.8 Å². The van der Waals surface area contributed by atoms with Crippen LogP contribution in [-0.2, 0) is 16.0 Å². The van der Waals surface area contributed by atoms with E-state index in [4.69, 9.17) is 0 Å². The molecule has 120 valence electrons. The third-order valence-corrected chi connectivity index (χ3v) is 3.23. The molecule has 22 heavy (non-hydrogen) atoms. The maximum atomic E-state index is 12.0. The summed E-state index contributed by atoms with van der Waals surface area (Å²) in [6.07, 6.45) is 0.894. The topological polar surface area (TPSA) is 87.3 Å². The zero-order chi connectivity index (χ0) is 16.7. The molecule has 0 aromatic heterocycles. The first-order chi connectivity index (χ1) is 10.3. The highest BCUT2D eigenvalue weighted by atomic mass is 16.2. The number of amides is 3. The SMILES string of the molecule is CCc1ccc(C(=O)NNC(=O)[C@@H](NC(C)=O)C(C)C)cc1. The molecular weight excluding hydrogens is 282 g/mol. The molecule has 1 aromatic carbocycles. The van der Waals surface area contributed by atoms with Crippen molar-refractivity contribution < 1.29 is 14.4 Å². The summed E-state index contributed by atoms with van der Waals surface area (Å²) in [5.74, 6) is -1.25. The average Bonchev–Trinajstić information content (AvgIpc) is 2.49. The number of rotatable bonds is 5. The van der Waals surface area contributed by atoms with Crippen LogP contribution in [0.3, 0.4) is 0 Å². The Hall–Kier alpha value is -2.37. The summed E-state index contributed by atoms with van der Waals surface area (Å²) >= 11 is 0. The Morgan fingerprint density at radius 1 is 1.05 bits per heavy atom. The lowest BCUT2D eigenvalue weighted by Crippen LogP contribution is -2.54. The minimum Gasteiger partial charge on any atom is -0.344 e. The number of benzene rings is 1. The Labute approximate surface area is 130 Å². The second-order valence-electron chi connectivity index (χ2n) is 5.42. The molecule has 6 nitrogen and oxygen atoms in total. The van der Waals surface area contributed by atoms with Crippen LogP contribution in [0.15, 0.2) is 24.3 Å². The highest BCUT2D eigenvalue weighted by molar-refractivity contribution is 5.96. The van der Waals surface area contributed by atoms with E-state index in [2.05, 4.69) is 16.2 Å². The molecule has 0 bridgehead atoms. The van der Waals surface area contributed by atoms with Gasteiger partial charge < -0.3 is 5.32 Å². The highest BCUT2D eigenvalue weighted by Crippen LogP contribution is 2.05. The van der Waals surface area contributed by atoms with Gasteiger partial charge >= 0.3 is 0 Å². The van der Waals surface area contributed by atoms with Crippen molar-refractivity contribution >= 4 is 17.7 Å². The lowest BCUT2D eigenvalue weighted by molar-refractivity contribution is -0.129. The first-order valence-electron chi connectivity index (χ1n) is 7.31. The van der Waals surface area contributed by atoms with Crippen molar-refractivity contribution in [3.05, 3.63) is 35.4 Å². The number of nitrogens with one attached hydrogen (secondary N) is 3. The smallest absolute Gasteiger partial charge is 0.269 e. The number of hydrogen-bond acceptors (Lipinski definition) is 3. The number of carbonyl (C=O) groups is 3. The largest absolute Gasteiger partial charge is 0.344 e. The van der Waals surface area contributed by atoms with Crippen LogP contribution in [0.1, 0.15) is 43.6 Å². The summed E-state index contributed by atoms with van der Waals surface area (Å²) in [6, 6.07) is 6.44. The van der Waals surface area contributed by atoms with Gasteiger partial charge in [-0.2, -0.15) is 0 Å². The number of aryl methyl sites for hydroxylation is 1. The van der Waals surface area contributed by atoms with E-state index in [0.29, 0.717) is 5.56 Å². The fraction of sp³-hybridized carbons (Fsp3) is 0.438. The van der Waals surface area contributed by atoms with E-state index >= 15 is 0 Å².